The monoisotopic (exact) mass is 358 g/mol. The number of hydrogen-bond acceptors (Lipinski definition) is 2. The van der Waals surface area contributed by atoms with Crippen LogP contribution in [0.3, 0.4) is 0 Å². The third-order valence-electron chi connectivity index (χ3n) is 4.26. The molecule has 0 heterocycles. The predicted octanol–water partition coefficient (Wildman–Crippen LogP) is 5.12. The number of carbonyl (C=O) groups is 2. The molecular weight excluding hydrogens is 336 g/mol. The number of aryl methyl sites for hydroxylation is 3. The van der Waals surface area contributed by atoms with Crippen molar-refractivity contribution in [1.29, 1.82) is 0 Å². The largest absolute Gasteiger partial charge is 0.322 e. The van der Waals surface area contributed by atoms with Gasteiger partial charge in [-0.15, -0.1) is 0 Å². The summed E-state index contributed by atoms with van der Waals surface area (Å²) in [5.74, 6) is -0.490. The molecule has 3 rings (SSSR count). The van der Waals surface area contributed by atoms with Crippen molar-refractivity contribution in [1.82, 2.24) is 0 Å². The van der Waals surface area contributed by atoms with E-state index < -0.39 is 0 Å². The number of benzene rings is 3. The maximum Gasteiger partial charge on any atom is 0.255 e. The van der Waals surface area contributed by atoms with Crippen molar-refractivity contribution in [3.8, 4) is 0 Å². The third kappa shape index (κ3) is 4.61. The standard InChI is InChI=1S/C23H22N2O2/c1-15-11-16(2)13-20(12-15)24-22(26)18-8-6-9-19(14-18)23(27)25-21-10-5-4-7-17(21)3/h4-14H,1-3H3,(H,24,26)(H,25,27). The van der Waals surface area contributed by atoms with Gasteiger partial charge in [0.25, 0.3) is 11.8 Å². The Bertz CT molecular complexity index is 989. The van der Waals surface area contributed by atoms with Crippen molar-refractivity contribution < 1.29 is 9.59 Å². The average molecular weight is 358 g/mol. The third-order valence-corrected chi connectivity index (χ3v) is 4.26. The molecule has 0 fully saturated rings. The van der Waals surface area contributed by atoms with Crippen molar-refractivity contribution in [2.45, 2.75) is 20.8 Å². The number of amides is 2. The molecule has 0 radical (unpaired) electrons. The van der Waals surface area contributed by atoms with Crippen LogP contribution in [0.5, 0.6) is 0 Å². The molecule has 3 aromatic carbocycles. The topological polar surface area (TPSA) is 58.2 Å². The molecule has 0 unspecified atom stereocenters. The maximum absolute atomic E-state index is 12.6. The van der Waals surface area contributed by atoms with Crippen LogP contribution in [-0.4, -0.2) is 11.8 Å². The molecule has 27 heavy (non-hydrogen) atoms. The van der Waals surface area contributed by atoms with E-state index >= 15 is 0 Å². The fourth-order valence-electron chi connectivity index (χ4n) is 2.96. The molecule has 4 heteroatoms. The Hall–Kier alpha value is -3.40. The molecule has 0 spiro atoms. The van der Waals surface area contributed by atoms with Gasteiger partial charge in [-0.05, 0) is 73.9 Å². The van der Waals surface area contributed by atoms with Crippen LogP contribution in [-0.2, 0) is 0 Å². The van der Waals surface area contributed by atoms with Crippen LogP contribution < -0.4 is 10.6 Å². The number of hydrogen-bond donors (Lipinski definition) is 2. The molecule has 0 aliphatic heterocycles. The van der Waals surface area contributed by atoms with Gasteiger partial charge in [0.1, 0.15) is 0 Å². The molecule has 0 bridgehead atoms. The van der Waals surface area contributed by atoms with E-state index in [0.29, 0.717) is 11.1 Å². The number of carbonyl (C=O) groups excluding carboxylic acids is 2. The van der Waals surface area contributed by atoms with Gasteiger partial charge in [-0.2, -0.15) is 0 Å². The van der Waals surface area contributed by atoms with Gasteiger partial charge < -0.3 is 10.6 Å². The Labute approximate surface area is 159 Å². The molecular formula is C23H22N2O2. The van der Waals surface area contributed by atoms with Gasteiger partial charge in [-0.25, -0.2) is 0 Å². The van der Waals surface area contributed by atoms with Gasteiger partial charge in [-0.1, -0.05) is 30.3 Å². The highest BCUT2D eigenvalue weighted by Crippen LogP contribution is 2.17. The molecule has 0 aliphatic carbocycles. The predicted molar refractivity (Wildman–Crippen MR) is 109 cm³/mol. The first-order valence-corrected chi connectivity index (χ1v) is 8.79. The van der Waals surface area contributed by atoms with Gasteiger partial charge in [0.15, 0.2) is 0 Å². The summed E-state index contributed by atoms with van der Waals surface area (Å²) in [4.78, 5) is 25.1. The average Bonchev–Trinajstić information content (AvgIpc) is 2.63. The zero-order chi connectivity index (χ0) is 19.4. The quantitative estimate of drug-likeness (QED) is 0.680. The molecule has 0 saturated heterocycles. The van der Waals surface area contributed by atoms with E-state index in [1.165, 1.54) is 0 Å². The van der Waals surface area contributed by atoms with Crippen molar-refractivity contribution in [3.63, 3.8) is 0 Å². The second-order valence-electron chi connectivity index (χ2n) is 6.68. The number of para-hydroxylation sites is 1. The van der Waals surface area contributed by atoms with E-state index in [2.05, 4.69) is 10.6 Å². The Balaban J connectivity index is 1.77. The summed E-state index contributed by atoms with van der Waals surface area (Å²) in [5.41, 5.74) is 5.51. The summed E-state index contributed by atoms with van der Waals surface area (Å²) < 4.78 is 0. The molecule has 0 atom stereocenters. The lowest BCUT2D eigenvalue weighted by molar-refractivity contribution is 0.102. The van der Waals surface area contributed by atoms with E-state index in [4.69, 9.17) is 0 Å². The zero-order valence-corrected chi connectivity index (χ0v) is 15.7. The Kier molecular flexibility index (Phi) is 5.36. The highest BCUT2D eigenvalue weighted by Gasteiger charge is 2.12. The van der Waals surface area contributed by atoms with Gasteiger partial charge in [0.05, 0.1) is 0 Å². The summed E-state index contributed by atoms with van der Waals surface area (Å²) >= 11 is 0. The number of rotatable bonds is 4. The summed E-state index contributed by atoms with van der Waals surface area (Å²) in [6.45, 7) is 5.90. The second-order valence-corrected chi connectivity index (χ2v) is 6.68. The fraction of sp³-hybridized carbons (Fsp3) is 0.130. The van der Waals surface area contributed by atoms with E-state index in [0.717, 1.165) is 28.1 Å². The van der Waals surface area contributed by atoms with E-state index in [-0.39, 0.29) is 11.8 Å². The SMILES string of the molecule is Cc1cc(C)cc(NC(=O)c2cccc(C(=O)Nc3ccccc3C)c2)c1. The highest BCUT2D eigenvalue weighted by atomic mass is 16.2. The lowest BCUT2D eigenvalue weighted by Gasteiger charge is -2.10. The van der Waals surface area contributed by atoms with Crippen LogP contribution in [0.25, 0.3) is 0 Å². The maximum atomic E-state index is 12.6. The summed E-state index contributed by atoms with van der Waals surface area (Å²) in [6.07, 6.45) is 0. The highest BCUT2D eigenvalue weighted by molar-refractivity contribution is 6.08. The van der Waals surface area contributed by atoms with Gasteiger partial charge >= 0.3 is 0 Å². The van der Waals surface area contributed by atoms with Crippen molar-refractivity contribution in [2.24, 2.45) is 0 Å². The van der Waals surface area contributed by atoms with Crippen molar-refractivity contribution in [3.05, 3.63) is 94.5 Å². The lowest BCUT2D eigenvalue weighted by Crippen LogP contribution is -2.16. The molecule has 2 amide bonds. The molecule has 136 valence electrons. The van der Waals surface area contributed by atoms with Crippen LogP contribution in [0.1, 0.15) is 37.4 Å². The first-order chi connectivity index (χ1) is 12.9. The molecule has 3 aromatic rings. The Morgan fingerprint density at radius 1 is 0.667 bits per heavy atom. The van der Waals surface area contributed by atoms with Gasteiger partial charge in [0.2, 0.25) is 0 Å². The van der Waals surface area contributed by atoms with E-state index in [9.17, 15) is 9.59 Å². The van der Waals surface area contributed by atoms with E-state index in [1.54, 1.807) is 24.3 Å². The van der Waals surface area contributed by atoms with Crippen LogP contribution in [0, 0.1) is 20.8 Å². The van der Waals surface area contributed by atoms with Crippen molar-refractivity contribution >= 4 is 23.2 Å². The van der Waals surface area contributed by atoms with Crippen LogP contribution in [0.4, 0.5) is 11.4 Å². The minimum atomic E-state index is -0.245. The second kappa shape index (κ2) is 7.87. The van der Waals surface area contributed by atoms with Crippen molar-refractivity contribution in [2.75, 3.05) is 10.6 Å². The van der Waals surface area contributed by atoms with E-state index in [1.807, 2.05) is 63.2 Å². The molecule has 2 N–H and O–H groups in total. The zero-order valence-electron chi connectivity index (χ0n) is 15.7. The minimum absolute atomic E-state index is 0.245. The summed E-state index contributed by atoms with van der Waals surface area (Å²) in [7, 11) is 0. The first kappa shape index (κ1) is 18.4. The molecule has 0 saturated carbocycles. The molecule has 0 aromatic heterocycles. The van der Waals surface area contributed by atoms with Crippen LogP contribution in [0.2, 0.25) is 0 Å². The fourth-order valence-corrected chi connectivity index (χ4v) is 2.96. The summed E-state index contributed by atoms with van der Waals surface area (Å²) in [6, 6.07) is 20.2. The Morgan fingerprint density at radius 3 is 1.89 bits per heavy atom. The van der Waals surface area contributed by atoms with Gasteiger partial charge in [0, 0.05) is 22.5 Å². The first-order valence-electron chi connectivity index (χ1n) is 8.79. The Morgan fingerprint density at radius 2 is 1.26 bits per heavy atom. The smallest absolute Gasteiger partial charge is 0.255 e. The molecule has 0 aliphatic rings. The summed E-state index contributed by atoms with van der Waals surface area (Å²) in [5, 5.41) is 5.78. The van der Waals surface area contributed by atoms with Crippen LogP contribution in [0.15, 0.2) is 66.7 Å². The number of anilines is 2. The van der Waals surface area contributed by atoms with Crippen LogP contribution >= 0.6 is 0 Å². The van der Waals surface area contributed by atoms with Gasteiger partial charge in [-0.3, -0.25) is 9.59 Å². The molecule has 4 nitrogen and oxygen atoms in total. The normalized spacial score (nSPS) is 10.3. The lowest BCUT2D eigenvalue weighted by atomic mass is 10.1. The minimum Gasteiger partial charge on any atom is -0.322 e. The number of nitrogens with one attached hydrogen (secondary N) is 2.